The minimum Gasteiger partial charge on any atom is -0.491 e. The van der Waals surface area contributed by atoms with Crippen molar-refractivity contribution in [3.63, 3.8) is 0 Å². The maximum atomic E-state index is 8.67. The molecule has 0 atom stereocenters. The van der Waals surface area contributed by atoms with Crippen molar-refractivity contribution >= 4 is 5.69 Å². The number of likely N-dealkylation sites (N-methyl/N-ethyl adjacent to an activating group) is 1. The van der Waals surface area contributed by atoms with E-state index in [0.29, 0.717) is 6.61 Å². The quantitative estimate of drug-likeness (QED) is 0.839. The summed E-state index contributed by atoms with van der Waals surface area (Å²) in [6.07, 6.45) is 0. The summed E-state index contributed by atoms with van der Waals surface area (Å²) < 4.78 is 5.34. The highest BCUT2D eigenvalue weighted by Crippen LogP contribution is 2.20. The first kappa shape index (κ1) is 12.2. The highest BCUT2D eigenvalue weighted by Gasteiger charge is 2.13. The topological polar surface area (TPSA) is 35.9 Å². The van der Waals surface area contributed by atoms with Crippen molar-refractivity contribution in [3.8, 4) is 5.75 Å². The molecular formula is C13H20N2O2. The number of ether oxygens (including phenoxy) is 1. The number of anilines is 1. The molecule has 94 valence electrons. The average Bonchev–Trinajstić information content (AvgIpc) is 2.38. The van der Waals surface area contributed by atoms with Gasteiger partial charge >= 0.3 is 0 Å². The molecule has 0 aromatic heterocycles. The van der Waals surface area contributed by atoms with E-state index in [1.54, 1.807) is 0 Å². The van der Waals surface area contributed by atoms with E-state index < -0.39 is 0 Å². The summed E-state index contributed by atoms with van der Waals surface area (Å²) in [6, 6.07) is 8.09. The fourth-order valence-corrected chi connectivity index (χ4v) is 1.98. The molecule has 1 saturated heterocycles. The molecule has 17 heavy (non-hydrogen) atoms. The SMILES string of the molecule is CN1CCN(c2ccc(OCCO)cc2)CC1. The van der Waals surface area contributed by atoms with Crippen molar-refractivity contribution in [1.29, 1.82) is 0 Å². The average molecular weight is 236 g/mol. The fraction of sp³-hybridized carbons (Fsp3) is 0.538. The molecule has 1 N–H and O–H groups in total. The third kappa shape index (κ3) is 3.35. The first-order chi connectivity index (χ1) is 8.29. The van der Waals surface area contributed by atoms with Crippen molar-refractivity contribution in [2.75, 3.05) is 51.3 Å². The van der Waals surface area contributed by atoms with Gasteiger partial charge in [0, 0.05) is 31.9 Å². The van der Waals surface area contributed by atoms with Gasteiger partial charge in [-0.05, 0) is 31.3 Å². The van der Waals surface area contributed by atoms with Crippen molar-refractivity contribution in [3.05, 3.63) is 24.3 Å². The number of hydrogen-bond donors (Lipinski definition) is 1. The van der Waals surface area contributed by atoms with Crippen LogP contribution in [-0.4, -0.2) is 56.4 Å². The molecule has 4 nitrogen and oxygen atoms in total. The van der Waals surface area contributed by atoms with Crippen LogP contribution in [0.2, 0.25) is 0 Å². The van der Waals surface area contributed by atoms with E-state index in [4.69, 9.17) is 9.84 Å². The van der Waals surface area contributed by atoms with E-state index in [-0.39, 0.29) is 6.61 Å². The van der Waals surface area contributed by atoms with Crippen LogP contribution in [0.4, 0.5) is 5.69 Å². The Hall–Kier alpha value is -1.26. The van der Waals surface area contributed by atoms with Crippen molar-refractivity contribution < 1.29 is 9.84 Å². The minimum atomic E-state index is 0.0558. The second kappa shape index (κ2) is 5.89. The van der Waals surface area contributed by atoms with Gasteiger partial charge in [0.2, 0.25) is 0 Å². The lowest BCUT2D eigenvalue weighted by Gasteiger charge is -2.34. The van der Waals surface area contributed by atoms with Gasteiger partial charge < -0.3 is 19.6 Å². The van der Waals surface area contributed by atoms with E-state index in [1.807, 2.05) is 12.1 Å². The van der Waals surface area contributed by atoms with E-state index in [9.17, 15) is 0 Å². The molecule has 2 rings (SSSR count). The van der Waals surface area contributed by atoms with Crippen LogP contribution in [0.15, 0.2) is 24.3 Å². The van der Waals surface area contributed by atoms with Gasteiger partial charge in [0.05, 0.1) is 6.61 Å². The molecule has 0 unspecified atom stereocenters. The van der Waals surface area contributed by atoms with E-state index in [0.717, 1.165) is 31.9 Å². The van der Waals surface area contributed by atoms with Gasteiger partial charge in [0.25, 0.3) is 0 Å². The van der Waals surface area contributed by atoms with Gasteiger partial charge in [-0.3, -0.25) is 0 Å². The molecule has 1 fully saturated rings. The number of aliphatic hydroxyl groups excluding tert-OH is 1. The Morgan fingerprint density at radius 2 is 1.76 bits per heavy atom. The minimum absolute atomic E-state index is 0.0558. The molecule has 1 heterocycles. The summed E-state index contributed by atoms with van der Waals surface area (Å²) in [5.41, 5.74) is 1.24. The van der Waals surface area contributed by atoms with Gasteiger partial charge in [-0.15, -0.1) is 0 Å². The maximum Gasteiger partial charge on any atom is 0.119 e. The van der Waals surface area contributed by atoms with Gasteiger partial charge in [-0.2, -0.15) is 0 Å². The molecule has 1 aromatic carbocycles. The maximum absolute atomic E-state index is 8.67. The van der Waals surface area contributed by atoms with Gasteiger partial charge in [-0.25, -0.2) is 0 Å². The van der Waals surface area contributed by atoms with Crippen molar-refractivity contribution in [2.24, 2.45) is 0 Å². The molecule has 0 saturated carbocycles. The summed E-state index contributed by atoms with van der Waals surface area (Å²) in [4.78, 5) is 4.73. The Morgan fingerprint density at radius 1 is 1.12 bits per heavy atom. The predicted molar refractivity (Wildman–Crippen MR) is 68.7 cm³/mol. The molecule has 1 aliphatic rings. The van der Waals surface area contributed by atoms with Crippen LogP contribution in [0.1, 0.15) is 0 Å². The molecule has 4 heteroatoms. The lowest BCUT2D eigenvalue weighted by atomic mass is 10.2. The van der Waals surface area contributed by atoms with Gasteiger partial charge in [0.1, 0.15) is 12.4 Å². The van der Waals surface area contributed by atoms with Crippen LogP contribution >= 0.6 is 0 Å². The van der Waals surface area contributed by atoms with Crippen LogP contribution < -0.4 is 9.64 Å². The van der Waals surface area contributed by atoms with E-state index >= 15 is 0 Å². The molecule has 1 aliphatic heterocycles. The third-order valence-electron chi connectivity index (χ3n) is 3.07. The number of aliphatic hydroxyl groups is 1. The fourth-order valence-electron chi connectivity index (χ4n) is 1.98. The number of nitrogens with zero attached hydrogens (tertiary/aromatic N) is 2. The Bertz CT molecular complexity index is 332. The molecule has 1 aromatic rings. The molecule has 0 spiro atoms. The van der Waals surface area contributed by atoms with Gasteiger partial charge in [0.15, 0.2) is 0 Å². The Kier molecular flexibility index (Phi) is 4.23. The number of hydrogen-bond acceptors (Lipinski definition) is 4. The highest BCUT2D eigenvalue weighted by molar-refractivity contribution is 5.49. The molecule has 0 amide bonds. The summed E-state index contributed by atoms with van der Waals surface area (Å²) >= 11 is 0. The Balaban J connectivity index is 1.93. The highest BCUT2D eigenvalue weighted by atomic mass is 16.5. The number of rotatable bonds is 4. The Labute approximate surface area is 102 Å². The second-order valence-corrected chi connectivity index (χ2v) is 4.36. The third-order valence-corrected chi connectivity index (χ3v) is 3.07. The molecule has 0 radical (unpaired) electrons. The number of benzene rings is 1. The first-order valence-electron chi connectivity index (χ1n) is 6.07. The smallest absolute Gasteiger partial charge is 0.119 e. The zero-order valence-electron chi connectivity index (χ0n) is 10.3. The monoisotopic (exact) mass is 236 g/mol. The summed E-state index contributed by atoms with van der Waals surface area (Å²) in [5, 5.41) is 8.67. The predicted octanol–water partition coefficient (Wildman–Crippen LogP) is 0.809. The van der Waals surface area contributed by atoms with Crippen molar-refractivity contribution in [2.45, 2.75) is 0 Å². The zero-order valence-corrected chi connectivity index (χ0v) is 10.3. The second-order valence-electron chi connectivity index (χ2n) is 4.36. The number of piperazine rings is 1. The van der Waals surface area contributed by atoms with Crippen LogP contribution in [0.25, 0.3) is 0 Å². The normalized spacial score (nSPS) is 17.2. The first-order valence-corrected chi connectivity index (χ1v) is 6.07. The zero-order chi connectivity index (χ0) is 12.1. The van der Waals surface area contributed by atoms with Crippen LogP contribution in [0.3, 0.4) is 0 Å². The molecule has 0 aliphatic carbocycles. The summed E-state index contributed by atoms with van der Waals surface area (Å²) in [7, 11) is 2.16. The largest absolute Gasteiger partial charge is 0.491 e. The summed E-state index contributed by atoms with van der Waals surface area (Å²) in [5.74, 6) is 0.817. The van der Waals surface area contributed by atoms with Crippen LogP contribution in [0, 0.1) is 0 Å². The lowest BCUT2D eigenvalue weighted by Crippen LogP contribution is -2.44. The van der Waals surface area contributed by atoms with Gasteiger partial charge in [-0.1, -0.05) is 0 Å². The van der Waals surface area contributed by atoms with Crippen molar-refractivity contribution in [1.82, 2.24) is 4.90 Å². The van der Waals surface area contributed by atoms with E-state index in [1.165, 1.54) is 5.69 Å². The lowest BCUT2D eigenvalue weighted by molar-refractivity contribution is 0.201. The standard InChI is InChI=1S/C13H20N2O2/c1-14-6-8-15(9-7-14)12-2-4-13(5-3-12)17-11-10-16/h2-5,16H,6-11H2,1H3. The summed E-state index contributed by atoms with van der Waals surface area (Å²) in [6.45, 7) is 4.79. The van der Waals surface area contributed by atoms with E-state index in [2.05, 4.69) is 29.0 Å². The Morgan fingerprint density at radius 3 is 2.35 bits per heavy atom. The van der Waals surface area contributed by atoms with Crippen LogP contribution in [0.5, 0.6) is 5.75 Å². The molecular weight excluding hydrogens is 216 g/mol. The molecule has 0 bridgehead atoms. The van der Waals surface area contributed by atoms with Crippen LogP contribution in [-0.2, 0) is 0 Å².